The number of aromatic nitrogens is 1. The predicted molar refractivity (Wildman–Crippen MR) is 72.1 cm³/mol. The van der Waals surface area contributed by atoms with Crippen molar-refractivity contribution in [3.8, 4) is 0 Å². The molecule has 2 N–H and O–H groups in total. The smallest absolute Gasteiger partial charge is 0.238 e. The fourth-order valence-electron chi connectivity index (χ4n) is 1.22. The van der Waals surface area contributed by atoms with Crippen LogP contribution in [0.4, 0.5) is 5.13 Å². The van der Waals surface area contributed by atoms with Gasteiger partial charge in [0.05, 0.1) is 10.9 Å². The summed E-state index contributed by atoms with van der Waals surface area (Å²) in [6, 6.07) is 0. The van der Waals surface area contributed by atoms with Crippen LogP contribution in [0.25, 0.3) is 0 Å². The number of rotatable bonds is 6. The van der Waals surface area contributed by atoms with Gasteiger partial charge in [-0.3, -0.25) is 4.72 Å². The van der Waals surface area contributed by atoms with E-state index in [4.69, 9.17) is 0 Å². The van der Waals surface area contributed by atoms with Crippen LogP contribution in [0.15, 0.2) is 5.38 Å². The summed E-state index contributed by atoms with van der Waals surface area (Å²) in [5, 5.41) is 4.68. The molecule has 98 valence electrons. The lowest BCUT2D eigenvalue weighted by Gasteiger charge is -2.12. The van der Waals surface area contributed by atoms with Crippen LogP contribution in [0.3, 0.4) is 0 Å². The van der Waals surface area contributed by atoms with Crippen molar-refractivity contribution in [3.05, 3.63) is 11.1 Å². The molecule has 0 fully saturated rings. The maximum absolute atomic E-state index is 11.9. The first-order valence-corrected chi connectivity index (χ1v) is 7.91. The summed E-state index contributed by atoms with van der Waals surface area (Å²) in [6.45, 7) is 6.13. The topological polar surface area (TPSA) is 71.1 Å². The fourth-order valence-corrected chi connectivity index (χ4v) is 3.35. The molecule has 1 aromatic heterocycles. The SMILES string of the molecule is CNCC(C)S(=O)(=O)Nc1nc(C(C)C)cs1. The molecular formula is C10H19N3O2S2. The van der Waals surface area contributed by atoms with Gasteiger partial charge in [-0.05, 0) is 19.9 Å². The second kappa shape index (κ2) is 5.79. The van der Waals surface area contributed by atoms with Crippen LogP contribution >= 0.6 is 11.3 Å². The van der Waals surface area contributed by atoms with E-state index in [1.807, 2.05) is 19.2 Å². The normalized spacial score (nSPS) is 13.9. The van der Waals surface area contributed by atoms with Gasteiger partial charge in [0.2, 0.25) is 10.0 Å². The van der Waals surface area contributed by atoms with Gasteiger partial charge < -0.3 is 5.32 Å². The van der Waals surface area contributed by atoms with Crippen molar-refractivity contribution in [1.29, 1.82) is 0 Å². The van der Waals surface area contributed by atoms with Gasteiger partial charge in [0.15, 0.2) is 5.13 Å². The number of nitrogens with zero attached hydrogens (tertiary/aromatic N) is 1. The molecule has 0 aliphatic heterocycles. The summed E-state index contributed by atoms with van der Waals surface area (Å²) in [5.41, 5.74) is 0.911. The summed E-state index contributed by atoms with van der Waals surface area (Å²) in [6.07, 6.45) is 0. The van der Waals surface area contributed by atoms with Crippen LogP contribution < -0.4 is 10.0 Å². The third-order valence-electron chi connectivity index (χ3n) is 2.36. The van der Waals surface area contributed by atoms with Crippen LogP contribution in [-0.4, -0.2) is 32.2 Å². The van der Waals surface area contributed by atoms with E-state index in [0.29, 0.717) is 17.6 Å². The molecule has 7 heteroatoms. The van der Waals surface area contributed by atoms with E-state index in [-0.39, 0.29) is 0 Å². The van der Waals surface area contributed by atoms with Gasteiger partial charge in [-0.15, -0.1) is 11.3 Å². The Kier molecular flexibility index (Phi) is 4.91. The van der Waals surface area contributed by atoms with Gasteiger partial charge in [0.25, 0.3) is 0 Å². The highest BCUT2D eigenvalue weighted by molar-refractivity contribution is 7.93. The van der Waals surface area contributed by atoms with E-state index in [1.54, 1.807) is 14.0 Å². The third kappa shape index (κ3) is 3.93. The van der Waals surface area contributed by atoms with Crippen LogP contribution in [-0.2, 0) is 10.0 Å². The number of sulfonamides is 1. The lowest BCUT2D eigenvalue weighted by Crippen LogP contribution is -2.33. The summed E-state index contributed by atoms with van der Waals surface area (Å²) in [4.78, 5) is 4.25. The monoisotopic (exact) mass is 277 g/mol. The standard InChI is InChI=1S/C10H19N3O2S2/c1-7(2)9-6-16-10(12-9)13-17(14,15)8(3)5-11-4/h6-8,11H,5H2,1-4H3,(H,12,13). The molecule has 17 heavy (non-hydrogen) atoms. The molecular weight excluding hydrogens is 258 g/mol. The second-order valence-corrected chi connectivity index (χ2v) is 7.20. The van der Waals surface area contributed by atoms with Crippen molar-refractivity contribution in [2.24, 2.45) is 0 Å². The minimum absolute atomic E-state index is 0.305. The quantitative estimate of drug-likeness (QED) is 0.829. The molecule has 5 nitrogen and oxygen atoms in total. The molecule has 0 aromatic carbocycles. The molecule has 1 rings (SSSR count). The maximum atomic E-state index is 11.9. The summed E-state index contributed by atoms with van der Waals surface area (Å²) in [7, 11) is -1.62. The molecule has 0 saturated heterocycles. The molecule has 1 aromatic rings. The Labute approximate surface area is 107 Å². The Bertz CT molecular complexity index is 454. The van der Waals surface area contributed by atoms with Crippen LogP contribution in [0, 0.1) is 0 Å². The lowest BCUT2D eigenvalue weighted by molar-refractivity contribution is 0.583. The van der Waals surface area contributed by atoms with Crippen molar-refractivity contribution < 1.29 is 8.42 Å². The largest absolute Gasteiger partial charge is 0.318 e. The van der Waals surface area contributed by atoms with E-state index in [2.05, 4.69) is 15.0 Å². The predicted octanol–water partition coefficient (Wildman–Crippen LogP) is 1.62. The van der Waals surface area contributed by atoms with Gasteiger partial charge in [-0.1, -0.05) is 13.8 Å². The first-order chi connectivity index (χ1) is 7.86. The van der Waals surface area contributed by atoms with Crippen molar-refractivity contribution in [2.75, 3.05) is 18.3 Å². The van der Waals surface area contributed by atoms with E-state index in [1.165, 1.54) is 11.3 Å². The van der Waals surface area contributed by atoms with Crippen molar-refractivity contribution in [3.63, 3.8) is 0 Å². The van der Waals surface area contributed by atoms with E-state index in [9.17, 15) is 8.42 Å². The lowest BCUT2D eigenvalue weighted by atomic mass is 10.2. The Hall–Kier alpha value is -0.660. The minimum Gasteiger partial charge on any atom is -0.318 e. The van der Waals surface area contributed by atoms with Gasteiger partial charge in [0, 0.05) is 11.9 Å². The van der Waals surface area contributed by atoms with Crippen molar-refractivity contribution in [1.82, 2.24) is 10.3 Å². The van der Waals surface area contributed by atoms with Gasteiger partial charge in [-0.2, -0.15) is 0 Å². The molecule has 0 aliphatic rings. The summed E-state index contributed by atoms with van der Waals surface area (Å²) >= 11 is 1.32. The molecule has 1 unspecified atom stereocenters. The average molecular weight is 277 g/mol. The van der Waals surface area contributed by atoms with E-state index in [0.717, 1.165) is 5.69 Å². The van der Waals surface area contributed by atoms with Gasteiger partial charge in [-0.25, -0.2) is 13.4 Å². The molecule has 1 heterocycles. The second-order valence-electron chi connectivity index (χ2n) is 4.25. The molecule has 0 aliphatic carbocycles. The summed E-state index contributed by atoms with van der Waals surface area (Å²) in [5.74, 6) is 0.305. The van der Waals surface area contributed by atoms with Crippen LogP contribution in [0.2, 0.25) is 0 Å². The molecule has 1 atom stereocenters. The highest BCUT2D eigenvalue weighted by atomic mass is 32.2. The maximum Gasteiger partial charge on any atom is 0.238 e. The Morgan fingerprint density at radius 1 is 1.41 bits per heavy atom. The summed E-state index contributed by atoms with van der Waals surface area (Å²) < 4.78 is 26.3. The van der Waals surface area contributed by atoms with Gasteiger partial charge in [0.1, 0.15) is 0 Å². The number of hydrogen-bond donors (Lipinski definition) is 2. The zero-order valence-electron chi connectivity index (χ0n) is 10.5. The Morgan fingerprint density at radius 3 is 2.53 bits per heavy atom. The molecule has 0 amide bonds. The Balaban J connectivity index is 2.76. The number of hydrogen-bond acceptors (Lipinski definition) is 5. The first-order valence-electron chi connectivity index (χ1n) is 5.48. The minimum atomic E-state index is -3.35. The Morgan fingerprint density at radius 2 is 2.06 bits per heavy atom. The number of anilines is 1. The van der Waals surface area contributed by atoms with Crippen molar-refractivity contribution >= 4 is 26.5 Å². The molecule has 0 radical (unpaired) electrons. The zero-order valence-corrected chi connectivity index (χ0v) is 12.2. The highest BCUT2D eigenvalue weighted by Crippen LogP contribution is 2.22. The molecule has 0 saturated carbocycles. The first kappa shape index (κ1) is 14.4. The molecule has 0 bridgehead atoms. The number of thiazole rings is 1. The average Bonchev–Trinajstić information content (AvgIpc) is 2.66. The van der Waals surface area contributed by atoms with Crippen molar-refractivity contribution in [2.45, 2.75) is 31.9 Å². The van der Waals surface area contributed by atoms with Crippen LogP contribution in [0.5, 0.6) is 0 Å². The molecule has 0 spiro atoms. The van der Waals surface area contributed by atoms with E-state index < -0.39 is 15.3 Å². The number of nitrogens with one attached hydrogen (secondary N) is 2. The van der Waals surface area contributed by atoms with Crippen LogP contribution in [0.1, 0.15) is 32.4 Å². The zero-order chi connectivity index (χ0) is 13.1. The van der Waals surface area contributed by atoms with Gasteiger partial charge >= 0.3 is 0 Å². The fraction of sp³-hybridized carbons (Fsp3) is 0.700. The highest BCUT2D eigenvalue weighted by Gasteiger charge is 2.21. The van der Waals surface area contributed by atoms with E-state index >= 15 is 0 Å². The third-order valence-corrected chi connectivity index (χ3v) is 4.97.